The Morgan fingerprint density at radius 1 is 1.38 bits per heavy atom. The number of rotatable bonds is 4. The first-order chi connectivity index (χ1) is 10.2. The summed E-state index contributed by atoms with van der Waals surface area (Å²) >= 11 is 6.08. The van der Waals surface area contributed by atoms with Gasteiger partial charge in [-0.1, -0.05) is 41.9 Å². The summed E-state index contributed by atoms with van der Waals surface area (Å²) < 4.78 is 7.23. The van der Waals surface area contributed by atoms with E-state index < -0.39 is 0 Å². The van der Waals surface area contributed by atoms with Gasteiger partial charge in [-0.15, -0.1) is 0 Å². The molecule has 0 amide bonds. The van der Waals surface area contributed by atoms with Crippen LogP contribution in [-0.2, 0) is 4.74 Å². The van der Waals surface area contributed by atoms with Crippen LogP contribution in [0.25, 0.3) is 0 Å². The molecule has 0 spiro atoms. The summed E-state index contributed by atoms with van der Waals surface area (Å²) in [6, 6.07) is 9.89. The maximum absolute atomic E-state index is 12.3. The Morgan fingerprint density at radius 2 is 2.10 bits per heavy atom. The van der Waals surface area contributed by atoms with Gasteiger partial charge in [-0.3, -0.25) is 0 Å². The van der Waals surface area contributed by atoms with Crippen LogP contribution in [0.2, 0.25) is 5.15 Å². The van der Waals surface area contributed by atoms with Crippen molar-refractivity contribution in [3.8, 4) is 0 Å². The average Bonchev–Trinajstić information content (AvgIpc) is 2.84. The number of halogens is 1. The van der Waals surface area contributed by atoms with Crippen molar-refractivity contribution in [3.05, 3.63) is 53.1 Å². The third kappa shape index (κ3) is 2.81. The SMILES string of the molecule is C[C@H](c1ccccc1)n1cnc(Cl)c1C(=O)OC1CCC1. The Balaban J connectivity index is 1.87. The van der Waals surface area contributed by atoms with Crippen LogP contribution in [0.3, 0.4) is 0 Å². The number of imidazole rings is 1. The summed E-state index contributed by atoms with van der Waals surface area (Å²) in [7, 11) is 0. The maximum Gasteiger partial charge on any atom is 0.358 e. The number of aromatic nitrogens is 2. The number of ether oxygens (including phenoxy) is 1. The van der Waals surface area contributed by atoms with Crippen LogP contribution >= 0.6 is 11.6 Å². The molecule has 2 aromatic rings. The molecule has 1 heterocycles. The number of carbonyl (C=O) groups is 1. The van der Waals surface area contributed by atoms with Crippen LogP contribution in [0, 0.1) is 0 Å². The van der Waals surface area contributed by atoms with E-state index in [-0.39, 0.29) is 23.3 Å². The quantitative estimate of drug-likeness (QED) is 0.806. The largest absolute Gasteiger partial charge is 0.458 e. The Morgan fingerprint density at radius 3 is 2.71 bits per heavy atom. The van der Waals surface area contributed by atoms with Gasteiger partial charge < -0.3 is 9.30 Å². The van der Waals surface area contributed by atoms with Gasteiger partial charge in [-0.05, 0) is 31.7 Å². The smallest absolute Gasteiger partial charge is 0.358 e. The zero-order valence-corrected chi connectivity index (χ0v) is 12.6. The number of hydrogen-bond donors (Lipinski definition) is 0. The maximum atomic E-state index is 12.3. The zero-order chi connectivity index (χ0) is 14.8. The molecule has 0 saturated heterocycles. The van der Waals surface area contributed by atoms with Crippen molar-refractivity contribution in [2.75, 3.05) is 0 Å². The second-order valence-corrected chi connectivity index (χ2v) is 5.69. The Kier molecular flexibility index (Phi) is 3.97. The Bertz CT molecular complexity index is 635. The second kappa shape index (κ2) is 5.90. The lowest BCUT2D eigenvalue weighted by Gasteiger charge is -2.25. The number of carbonyl (C=O) groups excluding carboxylic acids is 1. The van der Waals surface area contributed by atoms with E-state index in [9.17, 15) is 4.79 Å². The molecule has 1 aromatic carbocycles. The molecule has 1 aromatic heterocycles. The summed E-state index contributed by atoms with van der Waals surface area (Å²) in [4.78, 5) is 16.4. The minimum atomic E-state index is -0.384. The Hall–Kier alpha value is -1.81. The first kappa shape index (κ1) is 14.1. The van der Waals surface area contributed by atoms with Gasteiger partial charge in [0, 0.05) is 0 Å². The molecule has 4 nitrogen and oxygen atoms in total. The minimum absolute atomic E-state index is 0.0314. The highest BCUT2D eigenvalue weighted by atomic mass is 35.5. The van der Waals surface area contributed by atoms with Gasteiger partial charge in [0.25, 0.3) is 0 Å². The standard InChI is InChI=1S/C16H17ClN2O2/c1-11(12-6-3-2-4-7-12)19-10-18-15(17)14(19)16(20)21-13-8-5-9-13/h2-4,6-7,10-11,13H,5,8-9H2,1H3/t11-/m1/s1. The van der Waals surface area contributed by atoms with Gasteiger partial charge in [-0.25, -0.2) is 9.78 Å². The highest BCUT2D eigenvalue weighted by Crippen LogP contribution is 2.27. The topological polar surface area (TPSA) is 44.1 Å². The highest BCUT2D eigenvalue weighted by molar-refractivity contribution is 6.32. The fourth-order valence-electron chi connectivity index (χ4n) is 2.41. The van der Waals surface area contributed by atoms with Gasteiger partial charge in [0.2, 0.25) is 0 Å². The van der Waals surface area contributed by atoms with E-state index in [1.54, 1.807) is 10.9 Å². The van der Waals surface area contributed by atoms with Crippen molar-refractivity contribution >= 4 is 17.6 Å². The summed E-state index contributed by atoms with van der Waals surface area (Å²) in [5, 5.41) is 0.196. The molecule has 0 unspecified atom stereocenters. The normalized spacial score (nSPS) is 16.3. The predicted octanol–water partition coefficient (Wildman–Crippen LogP) is 3.86. The molecule has 3 rings (SSSR count). The van der Waals surface area contributed by atoms with E-state index in [0.717, 1.165) is 24.8 Å². The molecule has 0 bridgehead atoms. The number of nitrogens with zero attached hydrogens (tertiary/aromatic N) is 2. The van der Waals surface area contributed by atoms with E-state index >= 15 is 0 Å². The van der Waals surface area contributed by atoms with Gasteiger partial charge in [0.15, 0.2) is 10.8 Å². The zero-order valence-electron chi connectivity index (χ0n) is 11.8. The molecule has 0 aliphatic heterocycles. The lowest BCUT2D eigenvalue weighted by atomic mass is 9.96. The van der Waals surface area contributed by atoms with Crippen LogP contribution in [0.5, 0.6) is 0 Å². The average molecular weight is 305 g/mol. The highest BCUT2D eigenvalue weighted by Gasteiger charge is 2.27. The molecule has 1 saturated carbocycles. The first-order valence-electron chi connectivity index (χ1n) is 7.15. The van der Waals surface area contributed by atoms with Crippen LogP contribution in [0.1, 0.15) is 48.3 Å². The summed E-state index contributed by atoms with van der Waals surface area (Å²) in [6.07, 6.45) is 4.61. The molecule has 110 valence electrons. The fourth-order valence-corrected chi connectivity index (χ4v) is 2.63. The molecular weight excluding hydrogens is 288 g/mol. The molecular formula is C16H17ClN2O2. The summed E-state index contributed by atoms with van der Waals surface area (Å²) in [5.41, 5.74) is 1.42. The van der Waals surface area contributed by atoms with Crippen LogP contribution in [0.15, 0.2) is 36.7 Å². The fraction of sp³-hybridized carbons (Fsp3) is 0.375. The molecule has 5 heteroatoms. The van der Waals surface area contributed by atoms with E-state index in [0.29, 0.717) is 5.69 Å². The van der Waals surface area contributed by atoms with E-state index in [2.05, 4.69) is 4.98 Å². The third-order valence-electron chi connectivity index (χ3n) is 3.97. The van der Waals surface area contributed by atoms with E-state index in [1.807, 2.05) is 37.3 Å². The minimum Gasteiger partial charge on any atom is -0.458 e. The predicted molar refractivity (Wildman–Crippen MR) is 80.5 cm³/mol. The number of benzene rings is 1. The Labute approximate surface area is 128 Å². The molecule has 21 heavy (non-hydrogen) atoms. The van der Waals surface area contributed by atoms with Crippen molar-refractivity contribution in [1.29, 1.82) is 0 Å². The monoisotopic (exact) mass is 304 g/mol. The van der Waals surface area contributed by atoms with Crippen LogP contribution in [0.4, 0.5) is 0 Å². The van der Waals surface area contributed by atoms with E-state index in [1.165, 1.54) is 0 Å². The molecule has 1 atom stereocenters. The molecule has 1 aliphatic carbocycles. The first-order valence-corrected chi connectivity index (χ1v) is 7.53. The summed E-state index contributed by atoms with van der Waals surface area (Å²) in [5.74, 6) is -0.384. The number of esters is 1. The lowest BCUT2D eigenvalue weighted by Crippen LogP contribution is -2.27. The van der Waals surface area contributed by atoms with Gasteiger partial charge in [0.1, 0.15) is 6.10 Å². The van der Waals surface area contributed by atoms with Gasteiger partial charge in [-0.2, -0.15) is 0 Å². The lowest BCUT2D eigenvalue weighted by molar-refractivity contribution is 0.00780. The molecule has 1 fully saturated rings. The van der Waals surface area contributed by atoms with Crippen molar-refractivity contribution in [2.24, 2.45) is 0 Å². The van der Waals surface area contributed by atoms with Crippen LogP contribution < -0.4 is 0 Å². The second-order valence-electron chi connectivity index (χ2n) is 5.34. The molecule has 1 aliphatic rings. The van der Waals surface area contributed by atoms with Crippen molar-refractivity contribution in [1.82, 2.24) is 9.55 Å². The number of hydrogen-bond acceptors (Lipinski definition) is 3. The van der Waals surface area contributed by atoms with Crippen molar-refractivity contribution in [2.45, 2.75) is 38.3 Å². The molecule has 0 N–H and O–H groups in total. The van der Waals surface area contributed by atoms with E-state index in [4.69, 9.17) is 16.3 Å². The third-order valence-corrected chi connectivity index (χ3v) is 4.24. The van der Waals surface area contributed by atoms with Gasteiger partial charge >= 0.3 is 5.97 Å². The van der Waals surface area contributed by atoms with Crippen molar-refractivity contribution in [3.63, 3.8) is 0 Å². The van der Waals surface area contributed by atoms with Crippen molar-refractivity contribution < 1.29 is 9.53 Å². The van der Waals surface area contributed by atoms with Crippen LogP contribution in [-0.4, -0.2) is 21.6 Å². The van der Waals surface area contributed by atoms with Gasteiger partial charge in [0.05, 0.1) is 12.4 Å². The molecule has 0 radical (unpaired) electrons. The summed E-state index contributed by atoms with van der Waals surface area (Å²) in [6.45, 7) is 2.01.